The SMILES string of the molecule is O=C(OCc1cc(=O)n2ccsc2n1)c1cccc(CN2C(=O)c3ccccc3C2=O)c1. The molecule has 2 aromatic heterocycles. The first-order valence-electron chi connectivity index (χ1n) is 9.68. The number of thiazole rings is 1. The van der Waals surface area contributed by atoms with Crippen molar-refractivity contribution in [1.82, 2.24) is 14.3 Å². The molecular formula is C23H15N3O5S. The number of ether oxygens (including phenoxy) is 1. The van der Waals surface area contributed by atoms with Crippen LogP contribution in [0.15, 0.2) is 71.0 Å². The van der Waals surface area contributed by atoms with Crippen LogP contribution in [0.2, 0.25) is 0 Å². The number of amides is 2. The molecule has 0 aliphatic carbocycles. The molecule has 0 fully saturated rings. The molecule has 0 atom stereocenters. The Bertz CT molecular complexity index is 1420. The van der Waals surface area contributed by atoms with Gasteiger partial charge in [0.15, 0.2) is 4.96 Å². The predicted octanol–water partition coefficient (Wildman–Crippen LogP) is 2.91. The normalized spacial score (nSPS) is 12.9. The average molecular weight is 445 g/mol. The number of hydrogen-bond acceptors (Lipinski definition) is 7. The first kappa shape index (κ1) is 19.8. The maximum atomic E-state index is 12.6. The van der Waals surface area contributed by atoms with Gasteiger partial charge in [0.1, 0.15) is 6.61 Å². The number of hydrogen-bond donors (Lipinski definition) is 0. The fourth-order valence-corrected chi connectivity index (χ4v) is 4.29. The number of nitrogens with zero attached hydrogens (tertiary/aromatic N) is 3. The van der Waals surface area contributed by atoms with Crippen molar-refractivity contribution in [2.75, 3.05) is 0 Å². The average Bonchev–Trinajstić information content (AvgIpc) is 3.37. The molecule has 2 amide bonds. The number of fused-ring (bicyclic) bond motifs is 2. The highest BCUT2D eigenvalue weighted by Crippen LogP contribution is 2.24. The number of carbonyl (C=O) groups excluding carboxylic acids is 3. The molecule has 2 aromatic carbocycles. The van der Waals surface area contributed by atoms with E-state index in [0.717, 1.165) is 4.90 Å². The van der Waals surface area contributed by atoms with Gasteiger partial charge in [0.25, 0.3) is 17.4 Å². The highest BCUT2D eigenvalue weighted by Gasteiger charge is 2.35. The van der Waals surface area contributed by atoms with Gasteiger partial charge in [-0.3, -0.25) is 23.7 Å². The maximum Gasteiger partial charge on any atom is 0.338 e. The Morgan fingerprint density at radius 3 is 2.47 bits per heavy atom. The van der Waals surface area contributed by atoms with E-state index in [1.807, 2.05) is 0 Å². The Balaban J connectivity index is 1.29. The molecule has 0 unspecified atom stereocenters. The highest BCUT2D eigenvalue weighted by atomic mass is 32.1. The fourth-order valence-electron chi connectivity index (χ4n) is 3.55. The zero-order valence-electron chi connectivity index (χ0n) is 16.6. The quantitative estimate of drug-likeness (QED) is 0.346. The molecule has 3 heterocycles. The van der Waals surface area contributed by atoms with Gasteiger partial charge in [0, 0.05) is 17.6 Å². The summed E-state index contributed by atoms with van der Waals surface area (Å²) in [5.74, 6) is -1.32. The third-order valence-corrected chi connectivity index (χ3v) is 5.85. The van der Waals surface area contributed by atoms with E-state index in [1.54, 1.807) is 60.1 Å². The van der Waals surface area contributed by atoms with Crippen LogP contribution in [0.3, 0.4) is 0 Å². The van der Waals surface area contributed by atoms with E-state index in [-0.39, 0.29) is 36.1 Å². The third kappa shape index (κ3) is 3.48. The van der Waals surface area contributed by atoms with Gasteiger partial charge in [-0.2, -0.15) is 0 Å². The number of imide groups is 1. The lowest BCUT2D eigenvalue weighted by atomic mass is 10.1. The summed E-state index contributed by atoms with van der Waals surface area (Å²) in [5, 5.41) is 1.75. The Morgan fingerprint density at radius 1 is 0.969 bits per heavy atom. The molecule has 8 nitrogen and oxygen atoms in total. The minimum absolute atomic E-state index is 0.0425. The molecule has 0 saturated carbocycles. The van der Waals surface area contributed by atoms with E-state index in [1.165, 1.54) is 21.8 Å². The Labute approximate surface area is 185 Å². The van der Waals surface area contributed by atoms with E-state index in [4.69, 9.17) is 4.74 Å². The van der Waals surface area contributed by atoms with Crippen LogP contribution in [-0.2, 0) is 17.9 Å². The van der Waals surface area contributed by atoms with Crippen molar-refractivity contribution in [1.29, 1.82) is 0 Å². The second-order valence-electron chi connectivity index (χ2n) is 7.16. The summed E-state index contributed by atoms with van der Waals surface area (Å²) in [6, 6.07) is 14.5. The van der Waals surface area contributed by atoms with Crippen LogP contribution in [0.25, 0.3) is 4.96 Å². The molecule has 0 spiro atoms. The van der Waals surface area contributed by atoms with Crippen LogP contribution in [-0.4, -0.2) is 32.1 Å². The standard InChI is InChI=1S/C23H15N3O5S/c27-19-11-16(24-23-25(19)8-9-32-23)13-31-22(30)15-5-3-4-14(10-15)12-26-20(28)17-6-1-2-7-18(17)21(26)29/h1-11H,12-13H2. The topological polar surface area (TPSA) is 98.1 Å². The first-order chi connectivity index (χ1) is 15.5. The Kier molecular flexibility index (Phi) is 4.87. The summed E-state index contributed by atoms with van der Waals surface area (Å²) < 4.78 is 6.74. The van der Waals surface area contributed by atoms with Gasteiger partial charge in [-0.15, -0.1) is 11.3 Å². The predicted molar refractivity (Wildman–Crippen MR) is 116 cm³/mol. The van der Waals surface area contributed by atoms with Crippen molar-refractivity contribution in [3.63, 3.8) is 0 Å². The van der Waals surface area contributed by atoms with E-state index in [0.29, 0.717) is 27.3 Å². The van der Waals surface area contributed by atoms with Crippen LogP contribution in [0, 0.1) is 0 Å². The zero-order chi connectivity index (χ0) is 22.2. The maximum absolute atomic E-state index is 12.6. The van der Waals surface area contributed by atoms with Crippen LogP contribution >= 0.6 is 11.3 Å². The molecule has 1 aliphatic heterocycles. The zero-order valence-corrected chi connectivity index (χ0v) is 17.4. The van der Waals surface area contributed by atoms with Crippen LogP contribution in [0.5, 0.6) is 0 Å². The Hall–Kier alpha value is -4.11. The lowest BCUT2D eigenvalue weighted by molar-refractivity contribution is 0.0467. The number of benzene rings is 2. The second kappa shape index (κ2) is 7.86. The largest absolute Gasteiger partial charge is 0.456 e. The van der Waals surface area contributed by atoms with Gasteiger partial charge < -0.3 is 4.74 Å². The van der Waals surface area contributed by atoms with Gasteiger partial charge in [-0.1, -0.05) is 24.3 Å². The highest BCUT2D eigenvalue weighted by molar-refractivity contribution is 7.15. The smallest absolute Gasteiger partial charge is 0.338 e. The summed E-state index contributed by atoms with van der Waals surface area (Å²) in [6.07, 6.45) is 1.63. The van der Waals surface area contributed by atoms with E-state index >= 15 is 0 Å². The number of carbonyl (C=O) groups is 3. The fraction of sp³-hybridized carbons (Fsp3) is 0.0870. The van der Waals surface area contributed by atoms with Crippen molar-refractivity contribution >= 4 is 34.1 Å². The van der Waals surface area contributed by atoms with Crippen molar-refractivity contribution in [3.8, 4) is 0 Å². The number of esters is 1. The molecule has 9 heteroatoms. The summed E-state index contributed by atoms with van der Waals surface area (Å²) in [5.41, 5.74) is 1.75. The van der Waals surface area contributed by atoms with E-state index < -0.39 is 5.97 Å². The van der Waals surface area contributed by atoms with Crippen molar-refractivity contribution in [2.24, 2.45) is 0 Å². The van der Waals surface area contributed by atoms with Gasteiger partial charge >= 0.3 is 5.97 Å². The third-order valence-electron chi connectivity index (χ3n) is 5.09. The summed E-state index contributed by atoms with van der Waals surface area (Å²) in [4.78, 5) is 55.7. The van der Waals surface area contributed by atoms with Gasteiger partial charge in [0.05, 0.1) is 28.9 Å². The molecule has 0 bridgehead atoms. The van der Waals surface area contributed by atoms with Crippen LogP contribution in [0.4, 0.5) is 0 Å². The molecule has 1 aliphatic rings. The molecule has 32 heavy (non-hydrogen) atoms. The van der Waals surface area contributed by atoms with Crippen molar-refractivity contribution in [2.45, 2.75) is 13.2 Å². The molecule has 4 aromatic rings. The van der Waals surface area contributed by atoms with Crippen LogP contribution < -0.4 is 5.56 Å². The lowest BCUT2D eigenvalue weighted by Gasteiger charge is -2.14. The molecule has 0 saturated heterocycles. The summed E-state index contributed by atoms with van der Waals surface area (Å²) >= 11 is 1.31. The monoisotopic (exact) mass is 445 g/mol. The van der Waals surface area contributed by atoms with Crippen molar-refractivity contribution in [3.05, 3.63) is 104 Å². The molecule has 158 valence electrons. The lowest BCUT2D eigenvalue weighted by Crippen LogP contribution is -2.29. The molecule has 0 N–H and O–H groups in total. The van der Waals surface area contributed by atoms with Crippen LogP contribution in [0.1, 0.15) is 42.3 Å². The van der Waals surface area contributed by atoms with Gasteiger partial charge in [0.2, 0.25) is 0 Å². The van der Waals surface area contributed by atoms with E-state index in [2.05, 4.69) is 4.98 Å². The second-order valence-corrected chi connectivity index (χ2v) is 8.03. The molecular weight excluding hydrogens is 430 g/mol. The molecule has 0 radical (unpaired) electrons. The first-order valence-corrected chi connectivity index (χ1v) is 10.6. The summed E-state index contributed by atoms with van der Waals surface area (Å²) in [6.45, 7) is -0.105. The minimum atomic E-state index is -0.595. The van der Waals surface area contributed by atoms with E-state index in [9.17, 15) is 19.2 Å². The molecule has 5 rings (SSSR count). The van der Waals surface area contributed by atoms with Crippen molar-refractivity contribution < 1.29 is 19.1 Å². The van der Waals surface area contributed by atoms with Gasteiger partial charge in [-0.05, 0) is 29.8 Å². The summed E-state index contributed by atoms with van der Waals surface area (Å²) in [7, 11) is 0. The van der Waals surface area contributed by atoms with Gasteiger partial charge in [-0.25, -0.2) is 9.78 Å². The minimum Gasteiger partial charge on any atom is -0.456 e. The number of rotatable bonds is 5. The Morgan fingerprint density at radius 2 is 1.72 bits per heavy atom. The number of aromatic nitrogens is 2.